The maximum absolute atomic E-state index is 11.0. The lowest BCUT2D eigenvalue weighted by atomic mass is 10.2. The standard InChI is InChI=1S/C13H18BrNO2S/c1-3-18-5-4-9(2)15-12-7-10(13(16)17)6-11(14)8-12/h6-9,15H,3-5H2,1-2H3,(H,16,17). The van der Waals surface area contributed by atoms with Gasteiger partial charge in [0.1, 0.15) is 0 Å². The molecule has 18 heavy (non-hydrogen) atoms. The number of halogens is 1. The van der Waals surface area contributed by atoms with E-state index in [-0.39, 0.29) is 0 Å². The summed E-state index contributed by atoms with van der Waals surface area (Å²) in [5, 5.41) is 12.3. The summed E-state index contributed by atoms with van der Waals surface area (Å²) in [5.74, 6) is 1.34. The SMILES string of the molecule is CCSCCC(C)Nc1cc(Br)cc(C(=O)O)c1. The Bertz CT molecular complexity index is 412. The van der Waals surface area contributed by atoms with Crippen molar-refractivity contribution in [3.63, 3.8) is 0 Å². The summed E-state index contributed by atoms with van der Waals surface area (Å²) < 4.78 is 0.778. The molecule has 0 spiro atoms. The molecule has 0 aliphatic carbocycles. The number of carboxylic acid groups (broad SMARTS) is 1. The summed E-state index contributed by atoms with van der Waals surface area (Å²) in [6.45, 7) is 4.26. The van der Waals surface area contributed by atoms with Crippen LogP contribution >= 0.6 is 27.7 Å². The molecule has 100 valence electrons. The molecule has 0 saturated heterocycles. The van der Waals surface area contributed by atoms with Gasteiger partial charge in [0, 0.05) is 16.2 Å². The highest BCUT2D eigenvalue weighted by Gasteiger charge is 2.08. The fourth-order valence-corrected chi connectivity index (χ4v) is 2.86. The Morgan fingerprint density at radius 1 is 1.50 bits per heavy atom. The van der Waals surface area contributed by atoms with Crippen LogP contribution in [0.1, 0.15) is 30.6 Å². The van der Waals surface area contributed by atoms with Gasteiger partial charge in [0.05, 0.1) is 5.56 Å². The number of rotatable bonds is 7. The van der Waals surface area contributed by atoms with Crippen molar-refractivity contribution >= 4 is 39.3 Å². The van der Waals surface area contributed by atoms with Crippen LogP contribution in [0.4, 0.5) is 5.69 Å². The number of carboxylic acids is 1. The van der Waals surface area contributed by atoms with Gasteiger partial charge in [-0.2, -0.15) is 11.8 Å². The van der Waals surface area contributed by atoms with Crippen LogP contribution in [0.3, 0.4) is 0 Å². The molecular formula is C13H18BrNO2S. The van der Waals surface area contributed by atoms with Crippen LogP contribution < -0.4 is 5.32 Å². The fourth-order valence-electron chi connectivity index (χ4n) is 1.56. The van der Waals surface area contributed by atoms with E-state index in [1.165, 1.54) is 0 Å². The molecule has 0 aliphatic rings. The highest BCUT2D eigenvalue weighted by atomic mass is 79.9. The normalized spacial score (nSPS) is 12.2. The first-order chi connectivity index (χ1) is 8.52. The first-order valence-electron chi connectivity index (χ1n) is 5.91. The molecule has 3 nitrogen and oxygen atoms in total. The molecule has 0 radical (unpaired) electrons. The quantitative estimate of drug-likeness (QED) is 0.739. The minimum atomic E-state index is -0.909. The molecule has 0 fully saturated rings. The summed E-state index contributed by atoms with van der Waals surface area (Å²) in [6.07, 6.45) is 1.06. The van der Waals surface area contributed by atoms with E-state index >= 15 is 0 Å². The predicted octanol–water partition coefficient (Wildman–Crippen LogP) is 4.09. The molecule has 0 heterocycles. The van der Waals surface area contributed by atoms with Gasteiger partial charge in [-0.15, -0.1) is 0 Å². The lowest BCUT2D eigenvalue weighted by Gasteiger charge is -2.15. The maximum Gasteiger partial charge on any atom is 0.335 e. The average Bonchev–Trinajstić information content (AvgIpc) is 2.28. The Balaban J connectivity index is 2.63. The summed E-state index contributed by atoms with van der Waals surface area (Å²) >= 11 is 5.24. The zero-order chi connectivity index (χ0) is 13.5. The monoisotopic (exact) mass is 331 g/mol. The smallest absolute Gasteiger partial charge is 0.335 e. The minimum Gasteiger partial charge on any atom is -0.478 e. The maximum atomic E-state index is 11.0. The van der Waals surface area contributed by atoms with Crippen LogP contribution in [0, 0.1) is 0 Å². The van der Waals surface area contributed by atoms with Gasteiger partial charge in [-0.1, -0.05) is 22.9 Å². The van der Waals surface area contributed by atoms with Crippen LogP contribution in [0.15, 0.2) is 22.7 Å². The Hall–Kier alpha value is -0.680. The predicted molar refractivity (Wildman–Crippen MR) is 81.8 cm³/mol. The summed E-state index contributed by atoms with van der Waals surface area (Å²) in [6, 6.07) is 5.50. The van der Waals surface area contributed by atoms with Crippen molar-refractivity contribution in [3.05, 3.63) is 28.2 Å². The van der Waals surface area contributed by atoms with E-state index < -0.39 is 5.97 Å². The van der Waals surface area contributed by atoms with Crippen LogP contribution in [-0.4, -0.2) is 28.6 Å². The van der Waals surface area contributed by atoms with Crippen LogP contribution in [0.2, 0.25) is 0 Å². The lowest BCUT2D eigenvalue weighted by molar-refractivity contribution is 0.0697. The fraction of sp³-hybridized carbons (Fsp3) is 0.462. The Morgan fingerprint density at radius 2 is 2.22 bits per heavy atom. The molecule has 0 amide bonds. The third-order valence-electron chi connectivity index (χ3n) is 2.46. The highest BCUT2D eigenvalue weighted by Crippen LogP contribution is 2.21. The molecule has 1 atom stereocenters. The molecule has 1 rings (SSSR count). The Labute approximate surface area is 120 Å². The van der Waals surface area contributed by atoms with Crippen molar-refractivity contribution in [1.82, 2.24) is 0 Å². The molecule has 2 N–H and O–H groups in total. The van der Waals surface area contributed by atoms with Gasteiger partial charge < -0.3 is 10.4 Å². The van der Waals surface area contributed by atoms with Crippen molar-refractivity contribution in [3.8, 4) is 0 Å². The zero-order valence-corrected chi connectivity index (χ0v) is 13.0. The van der Waals surface area contributed by atoms with Crippen molar-refractivity contribution < 1.29 is 9.90 Å². The molecule has 1 aromatic rings. The van der Waals surface area contributed by atoms with E-state index in [1.807, 2.05) is 17.8 Å². The number of benzene rings is 1. The molecular weight excluding hydrogens is 314 g/mol. The molecule has 0 saturated carbocycles. The van der Waals surface area contributed by atoms with E-state index in [1.54, 1.807) is 12.1 Å². The van der Waals surface area contributed by atoms with E-state index in [4.69, 9.17) is 5.11 Å². The number of carbonyl (C=O) groups is 1. The third kappa shape index (κ3) is 5.31. The van der Waals surface area contributed by atoms with Gasteiger partial charge >= 0.3 is 5.97 Å². The minimum absolute atomic E-state index is 0.294. The molecule has 5 heteroatoms. The summed E-state index contributed by atoms with van der Waals surface area (Å²) in [7, 11) is 0. The second-order valence-corrected chi connectivity index (χ2v) is 6.37. The van der Waals surface area contributed by atoms with Crippen LogP contribution in [0.25, 0.3) is 0 Å². The number of aromatic carboxylic acids is 1. The second kappa shape index (κ2) is 7.69. The first-order valence-corrected chi connectivity index (χ1v) is 7.86. The van der Waals surface area contributed by atoms with Crippen molar-refractivity contribution in [2.45, 2.75) is 26.3 Å². The third-order valence-corrected chi connectivity index (χ3v) is 3.85. The topological polar surface area (TPSA) is 49.3 Å². The van der Waals surface area contributed by atoms with Gasteiger partial charge in [0.25, 0.3) is 0 Å². The molecule has 0 aliphatic heterocycles. The van der Waals surface area contributed by atoms with Gasteiger partial charge in [-0.3, -0.25) is 0 Å². The van der Waals surface area contributed by atoms with Crippen molar-refractivity contribution in [2.75, 3.05) is 16.8 Å². The number of anilines is 1. The lowest BCUT2D eigenvalue weighted by Crippen LogP contribution is -2.16. The molecule has 0 bridgehead atoms. The summed E-state index contributed by atoms with van der Waals surface area (Å²) in [5.41, 5.74) is 1.14. The summed E-state index contributed by atoms with van der Waals surface area (Å²) in [4.78, 5) is 11.0. The van der Waals surface area contributed by atoms with Crippen LogP contribution in [0.5, 0.6) is 0 Å². The number of hydrogen-bond donors (Lipinski definition) is 2. The first kappa shape index (κ1) is 15.4. The molecule has 0 aromatic heterocycles. The molecule has 1 unspecified atom stereocenters. The van der Waals surface area contributed by atoms with Crippen molar-refractivity contribution in [1.29, 1.82) is 0 Å². The number of nitrogens with one attached hydrogen (secondary N) is 1. The number of hydrogen-bond acceptors (Lipinski definition) is 3. The van der Waals surface area contributed by atoms with Crippen LogP contribution in [-0.2, 0) is 0 Å². The van der Waals surface area contributed by atoms with Gasteiger partial charge in [-0.05, 0) is 43.0 Å². The van der Waals surface area contributed by atoms with Gasteiger partial charge in [-0.25, -0.2) is 4.79 Å². The van der Waals surface area contributed by atoms with E-state index in [0.29, 0.717) is 11.6 Å². The van der Waals surface area contributed by atoms with E-state index in [0.717, 1.165) is 28.1 Å². The Morgan fingerprint density at radius 3 is 2.83 bits per heavy atom. The van der Waals surface area contributed by atoms with Crippen molar-refractivity contribution in [2.24, 2.45) is 0 Å². The van der Waals surface area contributed by atoms with Gasteiger partial charge in [0.15, 0.2) is 0 Å². The highest BCUT2D eigenvalue weighted by molar-refractivity contribution is 9.10. The average molecular weight is 332 g/mol. The Kier molecular flexibility index (Phi) is 6.57. The largest absolute Gasteiger partial charge is 0.478 e. The number of thioether (sulfide) groups is 1. The van der Waals surface area contributed by atoms with E-state index in [9.17, 15) is 4.79 Å². The van der Waals surface area contributed by atoms with Gasteiger partial charge in [0.2, 0.25) is 0 Å². The second-order valence-electron chi connectivity index (χ2n) is 4.06. The molecule has 1 aromatic carbocycles. The van der Waals surface area contributed by atoms with E-state index in [2.05, 4.69) is 35.1 Å². The zero-order valence-electron chi connectivity index (χ0n) is 10.6.